The van der Waals surface area contributed by atoms with Gasteiger partial charge in [-0.05, 0) is 18.6 Å². The smallest absolute Gasteiger partial charge is 0.315 e. The minimum atomic E-state index is -0.289. The summed E-state index contributed by atoms with van der Waals surface area (Å²) in [4.78, 5) is 15.7. The standard InChI is InChI=1S/C14H17N3O3/c18-8-4-7-15-14(19)16-9-12-10-20-13(17-12)11-5-2-1-3-6-11/h1-3,5-6,10,18H,4,7-9H2,(H2,15,16,19). The van der Waals surface area contributed by atoms with E-state index in [1.165, 1.54) is 6.26 Å². The molecule has 20 heavy (non-hydrogen) atoms. The molecule has 2 amide bonds. The number of hydrogen-bond donors (Lipinski definition) is 3. The molecule has 1 aromatic carbocycles. The molecule has 106 valence electrons. The number of rotatable bonds is 6. The lowest BCUT2D eigenvalue weighted by molar-refractivity contribution is 0.237. The van der Waals surface area contributed by atoms with Gasteiger partial charge in [0.15, 0.2) is 0 Å². The molecule has 0 bridgehead atoms. The van der Waals surface area contributed by atoms with Crippen LogP contribution in [-0.4, -0.2) is 29.3 Å². The number of hydrogen-bond acceptors (Lipinski definition) is 4. The van der Waals surface area contributed by atoms with Gasteiger partial charge >= 0.3 is 6.03 Å². The predicted octanol–water partition coefficient (Wildman–Crippen LogP) is 1.52. The van der Waals surface area contributed by atoms with Crippen LogP contribution in [0.3, 0.4) is 0 Å². The number of nitrogens with zero attached hydrogens (tertiary/aromatic N) is 1. The number of carbonyl (C=O) groups excluding carboxylic acids is 1. The largest absolute Gasteiger partial charge is 0.444 e. The number of aromatic nitrogens is 1. The van der Waals surface area contributed by atoms with Gasteiger partial charge in [-0.25, -0.2) is 9.78 Å². The van der Waals surface area contributed by atoms with E-state index in [2.05, 4.69) is 15.6 Å². The first-order valence-electron chi connectivity index (χ1n) is 6.42. The van der Waals surface area contributed by atoms with Crippen LogP contribution in [0, 0.1) is 0 Å². The van der Waals surface area contributed by atoms with Crippen molar-refractivity contribution in [3.8, 4) is 11.5 Å². The van der Waals surface area contributed by atoms with Gasteiger partial charge in [-0.3, -0.25) is 0 Å². The van der Waals surface area contributed by atoms with Gasteiger partial charge in [-0.2, -0.15) is 0 Å². The van der Waals surface area contributed by atoms with Gasteiger partial charge in [0, 0.05) is 18.7 Å². The number of aliphatic hydroxyl groups is 1. The van der Waals surface area contributed by atoms with Crippen LogP contribution in [0.25, 0.3) is 11.5 Å². The number of oxazole rings is 1. The highest BCUT2D eigenvalue weighted by molar-refractivity contribution is 5.73. The lowest BCUT2D eigenvalue weighted by Crippen LogP contribution is -2.35. The topological polar surface area (TPSA) is 87.4 Å². The van der Waals surface area contributed by atoms with Crippen molar-refractivity contribution in [3.05, 3.63) is 42.3 Å². The van der Waals surface area contributed by atoms with Gasteiger partial charge in [0.25, 0.3) is 0 Å². The second-order valence-corrected chi connectivity index (χ2v) is 4.20. The monoisotopic (exact) mass is 275 g/mol. The van der Waals surface area contributed by atoms with Crippen molar-refractivity contribution in [2.45, 2.75) is 13.0 Å². The van der Waals surface area contributed by atoms with E-state index in [0.717, 1.165) is 5.56 Å². The van der Waals surface area contributed by atoms with Gasteiger partial charge < -0.3 is 20.2 Å². The summed E-state index contributed by atoms with van der Waals surface area (Å²) < 4.78 is 5.37. The molecular formula is C14H17N3O3. The van der Waals surface area contributed by atoms with Crippen molar-refractivity contribution in [1.82, 2.24) is 15.6 Å². The van der Waals surface area contributed by atoms with Gasteiger partial charge in [0.05, 0.1) is 12.2 Å². The normalized spacial score (nSPS) is 10.2. The average Bonchev–Trinajstić information content (AvgIpc) is 2.95. The van der Waals surface area contributed by atoms with E-state index in [0.29, 0.717) is 31.1 Å². The summed E-state index contributed by atoms with van der Waals surface area (Å²) in [6.45, 7) is 0.793. The highest BCUT2D eigenvalue weighted by Gasteiger charge is 2.07. The summed E-state index contributed by atoms with van der Waals surface area (Å²) in [5, 5.41) is 13.9. The fourth-order valence-corrected chi connectivity index (χ4v) is 1.62. The zero-order valence-electron chi connectivity index (χ0n) is 11.0. The van der Waals surface area contributed by atoms with Gasteiger partial charge in [0.1, 0.15) is 6.26 Å². The Morgan fingerprint density at radius 2 is 2.05 bits per heavy atom. The van der Waals surface area contributed by atoms with E-state index in [1.807, 2.05) is 30.3 Å². The molecule has 6 heteroatoms. The van der Waals surface area contributed by atoms with E-state index in [9.17, 15) is 4.79 Å². The molecule has 0 fully saturated rings. The number of nitrogens with one attached hydrogen (secondary N) is 2. The minimum absolute atomic E-state index is 0.0595. The van der Waals surface area contributed by atoms with Gasteiger partial charge in [-0.15, -0.1) is 0 Å². The van der Waals surface area contributed by atoms with Crippen molar-refractivity contribution < 1.29 is 14.3 Å². The Morgan fingerprint density at radius 1 is 1.25 bits per heavy atom. The molecule has 0 saturated heterocycles. The third kappa shape index (κ3) is 4.10. The van der Waals surface area contributed by atoms with E-state index in [4.69, 9.17) is 9.52 Å². The van der Waals surface area contributed by atoms with Crippen LogP contribution in [0.15, 0.2) is 41.0 Å². The van der Waals surface area contributed by atoms with E-state index >= 15 is 0 Å². The van der Waals surface area contributed by atoms with E-state index < -0.39 is 0 Å². The second-order valence-electron chi connectivity index (χ2n) is 4.20. The first-order chi connectivity index (χ1) is 9.79. The highest BCUT2D eigenvalue weighted by Crippen LogP contribution is 2.17. The molecule has 0 aliphatic heterocycles. The highest BCUT2D eigenvalue weighted by atomic mass is 16.3. The van der Waals surface area contributed by atoms with Crippen molar-refractivity contribution in [3.63, 3.8) is 0 Å². The molecule has 0 aliphatic carbocycles. The molecule has 1 heterocycles. The van der Waals surface area contributed by atoms with Crippen molar-refractivity contribution in [1.29, 1.82) is 0 Å². The Kier molecular flexibility index (Phi) is 5.14. The maximum Gasteiger partial charge on any atom is 0.315 e. The third-order valence-corrected chi connectivity index (χ3v) is 2.62. The third-order valence-electron chi connectivity index (χ3n) is 2.62. The van der Waals surface area contributed by atoms with Crippen LogP contribution in [-0.2, 0) is 6.54 Å². The summed E-state index contributed by atoms with van der Waals surface area (Å²) in [6.07, 6.45) is 2.06. The lowest BCUT2D eigenvalue weighted by Gasteiger charge is -2.04. The number of aliphatic hydroxyl groups excluding tert-OH is 1. The SMILES string of the molecule is O=C(NCCCO)NCc1coc(-c2ccccc2)n1. The van der Waals surface area contributed by atoms with Crippen molar-refractivity contribution >= 4 is 6.03 Å². The number of urea groups is 1. The molecule has 3 N–H and O–H groups in total. The summed E-state index contributed by atoms with van der Waals surface area (Å²) in [5.74, 6) is 0.531. The lowest BCUT2D eigenvalue weighted by atomic mass is 10.2. The summed E-state index contributed by atoms with van der Waals surface area (Å²) in [7, 11) is 0. The second kappa shape index (κ2) is 7.30. The maximum absolute atomic E-state index is 11.4. The van der Waals surface area contributed by atoms with Crippen LogP contribution in [0.2, 0.25) is 0 Å². The number of carbonyl (C=O) groups is 1. The zero-order chi connectivity index (χ0) is 14.2. The first-order valence-corrected chi connectivity index (χ1v) is 6.42. The molecular weight excluding hydrogens is 258 g/mol. The molecule has 0 atom stereocenters. The van der Waals surface area contributed by atoms with E-state index in [-0.39, 0.29) is 12.6 Å². The average molecular weight is 275 g/mol. The first kappa shape index (κ1) is 14.1. The molecule has 1 aromatic heterocycles. The summed E-state index contributed by atoms with van der Waals surface area (Å²) >= 11 is 0. The Labute approximate surface area is 116 Å². The summed E-state index contributed by atoms with van der Waals surface area (Å²) in [5.41, 5.74) is 1.55. The van der Waals surface area contributed by atoms with Crippen LogP contribution < -0.4 is 10.6 Å². The molecule has 0 unspecified atom stereocenters. The van der Waals surface area contributed by atoms with Gasteiger partial charge in [-0.1, -0.05) is 18.2 Å². The predicted molar refractivity (Wildman–Crippen MR) is 73.9 cm³/mol. The molecule has 0 radical (unpaired) electrons. The minimum Gasteiger partial charge on any atom is -0.444 e. The zero-order valence-corrected chi connectivity index (χ0v) is 11.0. The molecule has 6 nitrogen and oxygen atoms in total. The Bertz CT molecular complexity index is 540. The molecule has 0 aliphatic rings. The Balaban J connectivity index is 1.83. The molecule has 2 aromatic rings. The van der Waals surface area contributed by atoms with Gasteiger partial charge in [0.2, 0.25) is 5.89 Å². The fourth-order valence-electron chi connectivity index (χ4n) is 1.62. The van der Waals surface area contributed by atoms with Crippen LogP contribution in [0.5, 0.6) is 0 Å². The molecule has 0 saturated carbocycles. The quantitative estimate of drug-likeness (QED) is 0.698. The van der Waals surface area contributed by atoms with Crippen LogP contribution in [0.1, 0.15) is 12.1 Å². The van der Waals surface area contributed by atoms with Crippen LogP contribution in [0.4, 0.5) is 4.79 Å². The Hall–Kier alpha value is -2.34. The van der Waals surface area contributed by atoms with Crippen LogP contribution >= 0.6 is 0 Å². The molecule has 2 rings (SSSR count). The Morgan fingerprint density at radius 3 is 2.80 bits per heavy atom. The van der Waals surface area contributed by atoms with Crippen molar-refractivity contribution in [2.75, 3.05) is 13.2 Å². The number of amides is 2. The maximum atomic E-state index is 11.4. The molecule has 0 spiro atoms. The summed E-state index contributed by atoms with van der Waals surface area (Å²) in [6, 6.07) is 9.27. The van der Waals surface area contributed by atoms with E-state index in [1.54, 1.807) is 0 Å². The van der Waals surface area contributed by atoms with Crippen molar-refractivity contribution in [2.24, 2.45) is 0 Å². The fraction of sp³-hybridized carbons (Fsp3) is 0.286. The number of benzene rings is 1.